The molecule has 0 saturated heterocycles. The Morgan fingerprint density at radius 2 is 0.531 bits per heavy atom. The lowest BCUT2D eigenvalue weighted by Crippen LogP contribution is -2.11. The average molecular weight is 691 g/mol. The van der Waals surface area contributed by atoms with Gasteiger partial charge in [0.05, 0.1) is 59.8 Å². The van der Waals surface area contributed by atoms with E-state index >= 15 is 0 Å². The minimum absolute atomic E-state index is 0. The summed E-state index contributed by atoms with van der Waals surface area (Å²) in [6, 6.07) is 16.4. The second kappa shape index (κ2) is 24.5. The number of ether oxygens (including phenoxy) is 4. The van der Waals surface area contributed by atoms with Crippen molar-refractivity contribution in [1.82, 2.24) is 0 Å². The van der Waals surface area contributed by atoms with Crippen LogP contribution in [-0.2, 0) is 18.9 Å². The molecule has 3 aromatic carbocycles. The predicted molar refractivity (Wildman–Crippen MR) is 169 cm³/mol. The number of hydrogen-bond donors (Lipinski definition) is 6. The third kappa shape index (κ3) is 16.6. The minimum Gasteiger partial charge on any atom is -0.478 e. The van der Waals surface area contributed by atoms with Crippen LogP contribution in [0.5, 0.6) is 0 Å². The van der Waals surface area contributed by atoms with Crippen LogP contribution in [0, 0.1) is 0 Å². The fourth-order valence-corrected chi connectivity index (χ4v) is 3.13. The van der Waals surface area contributed by atoms with Crippen LogP contribution in [0.2, 0.25) is 0 Å². The molecular formula is C33H38O16. The Morgan fingerprint density at radius 3 is 0.673 bits per heavy atom. The van der Waals surface area contributed by atoms with E-state index in [0.29, 0.717) is 0 Å². The SMILES string of the molecule is C.O=C(O)c1ccc(C(=O)O)cc1.O=C(OCCO)c1ccc(C(=O)OCCO)cc1.O=C(OCCO)c1ccc(C(=O)OCCO)cc1. The molecule has 0 fully saturated rings. The number of aliphatic hydroxyl groups excluding tert-OH is 4. The molecule has 0 aliphatic rings. The minimum atomic E-state index is -1.06. The number of aliphatic hydroxyl groups is 4. The van der Waals surface area contributed by atoms with Crippen molar-refractivity contribution in [2.45, 2.75) is 7.43 Å². The van der Waals surface area contributed by atoms with Crippen LogP contribution in [-0.4, -0.2) is 119 Å². The first-order chi connectivity index (χ1) is 23.0. The summed E-state index contributed by atoms with van der Waals surface area (Å²) in [5, 5.41) is 50.9. The summed E-state index contributed by atoms with van der Waals surface area (Å²) in [5.74, 6) is -4.41. The topological polar surface area (TPSA) is 261 Å². The molecule has 0 aromatic heterocycles. The molecule has 0 saturated carbocycles. The van der Waals surface area contributed by atoms with Gasteiger partial charge in [-0.15, -0.1) is 0 Å². The first-order valence-corrected chi connectivity index (χ1v) is 13.9. The summed E-state index contributed by atoms with van der Waals surface area (Å²) >= 11 is 0. The maximum absolute atomic E-state index is 11.4. The highest BCUT2D eigenvalue weighted by atomic mass is 16.6. The Labute approximate surface area is 280 Å². The smallest absolute Gasteiger partial charge is 0.338 e. The summed E-state index contributed by atoms with van der Waals surface area (Å²) < 4.78 is 18.8. The van der Waals surface area contributed by atoms with Crippen LogP contribution in [0.25, 0.3) is 0 Å². The molecule has 0 aliphatic carbocycles. The van der Waals surface area contributed by atoms with E-state index in [1.807, 2.05) is 0 Å². The zero-order chi connectivity index (χ0) is 35.9. The van der Waals surface area contributed by atoms with Gasteiger partial charge in [0.25, 0.3) is 0 Å². The van der Waals surface area contributed by atoms with Crippen LogP contribution in [0.3, 0.4) is 0 Å². The van der Waals surface area contributed by atoms with Gasteiger partial charge in [-0.05, 0) is 72.8 Å². The van der Waals surface area contributed by atoms with Gasteiger partial charge in [0, 0.05) is 0 Å². The van der Waals surface area contributed by atoms with Gasteiger partial charge in [-0.25, -0.2) is 28.8 Å². The number of carbonyl (C=O) groups is 6. The van der Waals surface area contributed by atoms with Crippen LogP contribution < -0.4 is 0 Å². The number of carboxylic acids is 2. The van der Waals surface area contributed by atoms with Gasteiger partial charge in [-0.1, -0.05) is 7.43 Å². The third-order valence-corrected chi connectivity index (χ3v) is 5.39. The standard InChI is InChI=1S/2C12H14O6.C8H6O4.CH4/c2*13-5-7-17-11(15)9-1-2-10(4-3-9)12(16)18-8-6-14;9-7(10)5-1-2-6(4-3-5)8(11)12;/h2*1-4,13-14H,5-8H2;1-4H,(H,9,10)(H,11,12);1H4. The van der Waals surface area contributed by atoms with Crippen molar-refractivity contribution in [3.8, 4) is 0 Å². The van der Waals surface area contributed by atoms with E-state index < -0.39 is 35.8 Å². The number of carboxylic acid groups (broad SMARTS) is 2. The van der Waals surface area contributed by atoms with Crippen molar-refractivity contribution in [1.29, 1.82) is 0 Å². The highest BCUT2D eigenvalue weighted by Crippen LogP contribution is 2.09. The van der Waals surface area contributed by atoms with Crippen LogP contribution in [0.15, 0.2) is 72.8 Å². The molecule has 3 rings (SSSR count). The molecule has 49 heavy (non-hydrogen) atoms. The molecule has 0 amide bonds. The summed E-state index contributed by atoms with van der Waals surface area (Å²) in [6.07, 6.45) is 0. The van der Waals surface area contributed by atoms with E-state index in [4.69, 9.17) is 49.6 Å². The van der Waals surface area contributed by atoms with Crippen molar-refractivity contribution in [2.24, 2.45) is 0 Å². The van der Waals surface area contributed by atoms with Gasteiger partial charge in [0.15, 0.2) is 0 Å². The fourth-order valence-electron chi connectivity index (χ4n) is 3.13. The molecule has 0 bridgehead atoms. The number of esters is 4. The number of benzene rings is 3. The predicted octanol–water partition coefficient (Wildman–Crippen LogP) is 1.69. The molecule has 0 aliphatic heterocycles. The van der Waals surface area contributed by atoms with E-state index in [1.165, 1.54) is 72.8 Å². The van der Waals surface area contributed by atoms with Crippen molar-refractivity contribution in [3.05, 3.63) is 106 Å². The summed E-state index contributed by atoms with van der Waals surface area (Å²) in [4.78, 5) is 66.2. The quantitative estimate of drug-likeness (QED) is 0.104. The van der Waals surface area contributed by atoms with Crippen LogP contribution in [0.4, 0.5) is 0 Å². The Hall–Kier alpha value is -5.68. The van der Waals surface area contributed by atoms with E-state index in [1.54, 1.807) is 0 Å². The van der Waals surface area contributed by atoms with Gasteiger partial charge >= 0.3 is 35.8 Å². The van der Waals surface area contributed by atoms with E-state index in [0.717, 1.165) is 0 Å². The monoisotopic (exact) mass is 690 g/mol. The number of carbonyl (C=O) groups excluding carboxylic acids is 4. The largest absolute Gasteiger partial charge is 0.478 e. The molecule has 16 nitrogen and oxygen atoms in total. The first kappa shape index (κ1) is 43.3. The van der Waals surface area contributed by atoms with E-state index in [2.05, 4.69) is 0 Å². The molecular weight excluding hydrogens is 652 g/mol. The molecule has 16 heteroatoms. The summed E-state index contributed by atoms with van der Waals surface area (Å²) in [5.41, 5.74) is 1.29. The molecule has 266 valence electrons. The molecule has 0 heterocycles. The summed E-state index contributed by atoms with van der Waals surface area (Å²) in [7, 11) is 0. The lowest BCUT2D eigenvalue weighted by atomic mass is 10.1. The molecule has 0 spiro atoms. The van der Waals surface area contributed by atoms with E-state index in [-0.39, 0.29) is 93.7 Å². The number of rotatable bonds is 14. The number of hydrogen-bond acceptors (Lipinski definition) is 14. The third-order valence-electron chi connectivity index (χ3n) is 5.39. The molecule has 0 atom stereocenters. The highest BCUT2D eigenvalue weighted by molar-refractivity contribution is 5.94. The fraction of sp³-hybridized carbons (Fsp3) is 0.273. The van der Waals surface area contributed by atoms with Gasteiger partial charge in [-0.2, -0.15) is 0 Å². The Balaban J connectivity index is 0.000000713. The Bertz CT molecular complexity index is 1280. The Morgan fingerprint density at radius 1 is 0.367 bits per heavy atom. The van der Waals surface area contributed by atoms with Crippen molar-refractivity contribution in [2.75, 3.05) is 52.9 Å². The second-order valence-electron chi connectivity index (χ2n) is 8.78. The zero-order valence-corrected chi connectivity index (χ0v) is 25.4. The van der Waals surface area contributed by atoms with Crippen molar-refractivity contribution in [3.63, 3.8) is 0 Å². The van der Waals surface area contributed by atoms with Crippen molar-refractivity contribution < 1.29 is 78.4 Å². The molecule has 3 aromatic rings. The normalized spacial score (nSPS) is 9.55. The lowest BCUT2D eigenvalue weighted by molar-refractivity contribution is 0.0422. The van der Waals surface area contributed by atoms with E-state index in [9.17, 15) is 28.8 Å². The van der Waals surface area contributed by atoms with Crippen molar-refractivity contribution >= 4 is 35.8 Å². The first-order valence-electron chi connectivity index (χ1n) is 13.9. The second-order valence-corrected chi connectivity index (χ2v) is 8.78. The maximum Gasteiger partial charge on any atom is 0.338 e. The Kier molecular flexibility index (Phi) is 21.6. The van der Waals surface area contributed by atoms with Gasteiger partial charge in [0.2, 0.25) is 0 Å². The maximum atomic E-state index is 11.4. The zero-order valence-electron chi connectivity index (χ0n) is 25.4. The van der Waals surface area contributed by atoms with Gasteiger partial charge in [-0.3, -0.25) is 0 Å². The van der Waals surface area contributed by atoms with Gasteiger partial charge in [0.1, 0.15) is 26.4 Å². The number of aromatic carboxylic acids is 2. The van der Waals surface area contributed by atoms with Gasteiger partial charge < -0.3 is 49.6 Å². The molecule has 0 radical (unpaired) electrons. The van der Waals surface area contributed by atoms with Crippen LogP contribution in [0.1, 0.15) is 69.6 Å². The summed E-state index contributed by atoms with van der Waals surface area (Å²) in [6.45, 7) is -1.24. The van der Waals surface area contributed by atoms with Crippen LogP contribution >= 0.6 is 0 Å². The molecule has 0 unspecified atom stereocenters. The lowest BCUT2D eigenvalue weighted by Gasteiger charge is -2.05. The highest BCUT2D eigenvalue weighted by Gasteiger charge is 2.12. The average Bonchev–Trinajstić information content (AvgIpc) is 3.11. The molecule has 6 N–H and O–H groups in total.